The van der Waals surface area contributed by atoms with Crippen LogP contribution in [0.3, 0.4) is 0 Å². The maximum Gasteiger partial charge on any atom is 0.418 e. The van der Waals surface area contributed by atoms with Crippen LogP contribution in [0.15, 0.2) is 34.7 Å². The largest absolute Gasteiger partial charge is 0.497 e. The molecule has 108 valence electrons. The van der Waals surface area contributed by atoms with Crippen molar-refractivity contribution in [2.45, 2.75) is 12.7 Å². The summed E-state index contributed by atoms with van der Waals surface area (Å²) in [5, 5.41) is 2.86. The van der Waals surface area contributed by atoms with Crippen LogP contribution in [0.4, 0.5) is 18.9 Å². The highest BCUT2D eigenvalue weighted by Crippen LogP contribution is 2.37. The predicted molar refractivity (Wildman–Crippen MR) is 69.0 cm³/mol. The van der Waals surface area contributed by atoms with Gasteiger partial charge >= 0.3 is 6.18 Å². The molecule has 2 rings (SSSR count). The molecule has 1 N–H and O–H groups in total. The van der Waals surface area contributed by atoms with Gasteiger partial charge in [0.25, 0.3) is 0 Å². The maximum absolute atomic E-state index is 13.0. The zero-order valence-corrected chi connectivity index (χ0v) is 11.2. The van der Waals surface area contributed by atoms with E-state index in [1.54, 1.807) is 6.07 Å². The van der Waals surface area contributed by atoms with Gasteiger partial charge in [0, 0.05) is 5.69 Å². The second kappa shape index (κ2) is 5.66. The van der Waals surface area contributed by atoms with Gasteiger partial charge < -0.3 is 14.5 Å². The van der Waals surface area contributed by atoms with E-state index in [9.17, 15) is 13.2 Å². The number of ether oxygens (including phenoxy) is 1. The molecular weight excluding hydrogens is 295 g/mol. The highest BCUT2D eigenvalue weighted by atomic mass is 35.5. The fourth-order valence-corrected chi connectivity index (χ4v) is 1.83. The van der Waals surface area contributed by atoms with Crippen LogP contribution in [0.2, 0.25) is 5.22 Å². The second-order valence-electron chi connectivity index (χ2n) is 3.97. The number of rotatable bonds is 4. The van der Waals surface area contributed by atoms with Gasteiger partial charge in [-0.15, -0.1) is 0 Å². The molecule has 7 heteroatoms. The van der Waals surface area contributed by atoms with Gasteiger partial charge in [0.05, 0.1) is 19.2 Å². The van der Waals surface area contributed by atoms with Crippen molar-refractivity contribution in [1.82, 2.24) is 0 Å². The monoisotopic (exact) mass is 305 g/mol. The summed E-state index contributed by atoms with van der Waals surface area (Å²) in [6.07, 6.45) is -4.47. The third-order valence-corrected chi connectivity index (χ3v) is 2.82. The Balaban J connectivity index is 2.22. The average Bonchev–Trinajstić information content (AvgIpc) is 2.81. The van der Waals surface area contributed by atoms with Crippen LogP contribution in [-0.2, 0) is 12.7 Å². The highest BCUT2D eigenvalue weighted by molar-refractivity contribution is 6.28. The molecule has 1 aromatic heterocycles. The summed E-state index contributed by atoms with van der Waals surface area (Å²) in [5.74, 6) is 0.586. The molecule has 0 aliphatic heterocycles. The first-order valence-electron chi connectivity index (χ1n) is 5.63. The van der Waals surface area contributed by atoms with E-state index in [1.165, 1.54) is 25.3 Å². The fraction of sp³-hybridized carbons (Fsp3) is 0.231. The third kappa shape index (κ3) is 3.39. The Labute approximate surface area is 118 Å². The molecule has 0 atom stereocenters. The van der Waals surface area contributed by atoms with Crippen molar-refractivity contribution in [2.24, 2.45) is 0 Å². The average molecular weight is 306 g/mol. The highest BCUT2D eigenvalue weighted by Gasteiger charge is 2.34. The molecule has 0 fully saturated rings. The molecule has 1 heterocycles. The SMILES string of the molecule is COc1ccc(NCc2ccc(Cl)o2)c(C(F)(F)F)c1. The third-order valence-electron chi connectivity index (χ3n) is 2.61. The van der Waals surface area contributed by atoms with Gasteiger partial charge in [0.2, 0.25) is 0 Å². The van der Waals surface area contributed by atoms with Gasteiger partial charge in [0.1, 0.15) is 11.5 Å². The van der Waals surface area contributed by atoms with Crippen LogP contribution in [0.25, 0.3) is 0 Å². The maximum atomic E-state index is 13.0. The van der Waals surface area contributed by atoms with Crippen molar-refractivity contribution in [3.05, 3.63) is 46.9 Å². The number of alkyl halides is 3. The lowest BCUT2D eigenvalue weighted by Crippen LogP contribution is -2.11. The fourth-order valence-electron chi connectivity index (χ4n) is 1.67. The summed E-state index contributed by atoms with van der Waals surface area (Å²) in [6, 6.07) is 6.82. The van der Waals surface area contributed by atoms with Crippen molar-refractivity contribution >= 4 is 17.3 Å². The van der Waals surface area contributed by atoms with Gasteiger partial charge in [-0.2, -0.15) is 13.2 Å². The minimum Gasteiger partial charge on any atom is -0.497 e. The van der Waals surface area contributed by atoms with E-state index in [4.69, 9.17) is 20.8 Å². The smallest absolute Gasteiger partial charge is 0.418 e. The Morgan fingerprint density at radius 3 is 2.55 bits per heavy atom. The number of nitrogens with one attached hydrogen (secondary N) is 1. The Morgan fingerprint density at radius 1 is 1.25 bits per heavy atom. The Kier molecular flexibility index (Phi) is 4.13. The molecule has 0 spiro atoms. The number of benzene rings is 1. The standard InChI is InChI=1S/C13H11ClF3NO2/c1-19-8-2-4-11(10(6-8)13(15,16)17)18-7-9-3-5-12(14)20-9/h2-6,18H,7H2,1H3. The molecule has 0 unspecified atom stereocenters. The van der Waals surface area contributed by atoms with E-state index in [2.05, 4.69) is 5.32 Å². The van der Waals surface area contributed by atoms with Gasteiger partial charge in [-0.25, -0.2) is 0 Å². The van der Waals surface area contributed by atoms with E-state index in [0.717, 1.165) is 6.07 Å². The molecule has 0 amide bonds. The van der Waals surface area contributed by atoms with E-state index < -0.39 is 11.7 Å². The van der Waals surface area contributed by atoms with Crippen molar-refractivity contribution < 1.29 is 22.3 Å². The summed E-state index contributed by atoms with van der Waals surface area (Å²) in [6.45, 7) is 0.0993. The molecule has 20 heavy (non-hydrogen) atoms. The molecule has 2 aromatic rings. The molecule has 0 bridgehead atoms. The summed E-state index contributed by atoms with van der Waals surface area (Å²) in [5.41, 5.74) is -0.847. The molecule has 0 saturated heterocycles. The number of anilines is 1. The molecule has 0 aliphatic rings. The zero-order chi connectivity index (χ0) is 14.8. The summed E-state index contributed by atoms with van der Waals surface area (Å²) >= 11 is 5.59. The Morgan fingerprint density at radius 2 is 2.00 bits per heavy atom. The van der Waals surface area contributed by atoms with Crippen LogP contribution in [0.5, 0.6) is 5.75 Å². The quantitative estimate of drug-likeness (QED) is 0.898. The van der Waals surface area contributed by atoms with Gasteiger partial charge in [-0.1, -0.05) is 0 Å². The zero-order valence-electron chi connectivity index (χ0n) is 10.4. The number of methoxy groups -OCH3 is 1. The molecule has 1 aromatic carbocycles. The number of hydrogen-bond acceptors (Lipinski definition) is 3. The van der Waals surface area contributed by atoms with Crippen molar-refractivity contribution in [1.29, 1.82) is 0 Å². The van der Waals surface area contributed by atoms with Crippen LogP contribution in [0, 0.1) is 0 Å². The predicted octanol–water partition coefficient (Wildman–Crippen LogP) is 4.57. The van der Waals surface area contributed by atoms with E-state index in [1.807, 2.05) is 0 Å². The van der Waals surface area contributed by atoms with Gasteiger partial charge in [-0.3, -0.25) is 0 Å². The first-order chi connectivity index (χ1) is 9.40. The molecule has 0 radical (unpaired) electrons. The number of furan rings is 1. The lowest BCUT2D eigenvalue weighted by Gasteiger charge is -2.15. The normalized spacial score (nSPS) is 11.4. The Bertz CT molecular complexity index is 596. The van der Waals surface area contributed by atoms with E-state index in [-0.39, 0.29) is 23.2 Å². The summed E-state index contributed by atoms with van der Waals surface area (Å²) in [4.78, 5) is 0. The van der Waals surface area contributed by atoms with Crippen LogP contribution >= 0.6 is 11.6 Å². The second-order valence-corrected chi connectivity index (χ2v) is 4.34. The summed E-state index contributed by atoms with van der Waals surface area (Å²) < 4.78 is 48.7. The van der Waals surface area contributed by atoms with Crippen molar-refractivity contribution in [2.75, 3.05) is 12.4 Å². The van der Waals surface area contributed by atoms with Crippen molar-refractivity contribution in [3.8, 4) is 5.75 Å². The number of halogens is 4. The van der Waals surface area contributed by atoms with Gasteiger partial charge in [-0.05, 0) is 41.9 Å². The molecule has 3 nitrogen and oxygen atoms in total. The molecular formula is C13H11ClF3NO2. The molecule has 0 saturated carbocycles. The Hall–Kier alpha value is -1.82. The van der Waals surface area contributed by atoms with Crippen LogP contribution < -0.4 is 10.1 Å². The van der Waals surface area contributed by atoms with Gasteiger partial charge in [0.15, 0.2) is 5.22 Å². The number of hydrogen-bond donors (Lipinski definition) is 1. The first kappa shape index (κ1) is 14.6. The van der Waals surface area contributed by atoms with Crippen LogP contribution in [0.1, 0.15) is 11.3 Å². The lowest BCUT2D eigenvalue weighted by molar-refractivity contribution is -0.137. The topological polar surface area (TPSA) is 34.4 Å². The van der Waals surface area contributed by atoms with E-state index in [0.29, 0.717) is 5.76 Å². The van der Waals surface area contributed by atoms with Crippen LogP contribution in [-0.4, -0.2) is 7.11 Å². The molecule has 0 aliphatic carbocycles. The minimum atomic E-state index is -4.47. The van der Waals surface area contributed by atoms with Crippen molar-refractivity contribution in [3.63, 3.8) is 0 Å². The van der Waals surface area contributed by atoms with E-state index >= 15 is 0 Å². The minimum absolute atomic E-state index is 0.0502. The lowest BCUT2D eigenvalue weighted by atomic mass is 10.1. The first-order valence-corrected chi connectivity index (χ1v) is 6.01. The summed E-state index contributed by atoms with van der Waals surface area (Å²) in [7, 11) is 1.31.